The Morgan fingerprint density at radius 2 is 1.83 bits per heavy atom. The van der Waals surface area contributed by atoms with Crippen LogP contribution in [0.15, 0.2) is 36.4 Å². The van der Waals surface area contributed by atoms with Crippen LogP contribution in [0.25, 0.3) is 0 Å². The van der Waals surface area contributed by atoms with Crippen molar-refractivity contribution in [3.8, 4) is 0 Å². The zero-order chi connectivity index (χ0) is 20.5. The van der Waals surface area contributed by atoms with Gasteiger partial charge in [-0.15, -0.1) is 0 Å². The highest BCUT2D eigenvalue weighted by atomic mass is 16.2. The maximum atomic E-state index is 13.1. The van der Waals surface area contributed by atoms with Crippen molar-refractivity contribution < 1.29 is 9.59 Å². The van der Waals surface area contributed by atoms with E-state index in [1.54, 1.807) is 4.90 Å². The molecule has 2 aliphatic rings. The number of urea groups is 2. The predicted molar refractivity (Wildman–Crippen MR) is 116 cm³/mol. The van der Waals surface area contributed by atoms with Crippen LogP contribution in [0.4, 0.5) is 21.0 Å². The summed E-state index contributed by atoms with van der Waals surface area (Å²) < 4.78 is 0. The third-order valence-electron chi connectivity index (χ3n) is 6.00. The van der Waals surface area contributed by atoms with Gasteiger partial charge in [-0.25, -0.2) is 9.59 Å². The Kier molecular flexibility index (Phi) is 5.18. The molecule has 29 heavy (non-hydrogen) atoms. The van der Waals surface area contributed by atoms with E-state index in [4.69, 9.17) is 0 Å². The number of aryl methyl sites for hydroxylation is 3. The summed E-state index contributed by atoms with van der Waals surface area (Å²) in [6.07, 6.45) is 1.98. The molecule has 1 unspecified atom stereocenters. The normalized spacial score (nSPS) is 18.9. The zero-order valence-corrected chi connectivity index (χ0v) is 17.3. The van der Waals surface area contributed by atoms with Crippen LogP contribution >= 0.6 is 0 Å². The van der Waals surface area contributed by atoms with E-state index in [0.29, 0.717) is 18.8 Å². The molecule has 6 heteroatoms. The van der Waals surface area contributed by atoms with Crippen LogP contribution in [-0.2, 0) is 0 Å². The number of carbonyl (C=O) groups excluding carboxylic acids is 2. The zero-order valence-electron chi connectivity index (χ0n) is 17.3. The monoisotopic (exact) mass is 392 g/mol. The summed E-state index contributed by atoms with van der Waals surface area (Å²) >= 11 is 0. The van der Waals surface area contributed by atoms with E-state index in [2.05, 4.69) is 42.7 Å². The van der Waals surface area contributed by atoms with Crippen molar-refractivity contribution in [2.45, 2.75) is 39.7 Å². The number of hydrogen-bond donors (Lipinski definition) is 2. The molecular weight excluding hydrogens is 364 g/mol. The lowest BCUT2D eigenvalue weighted by molar-refractivity contribution is 0.207. The van der Waals surface area contributed by atoms with Crippen molar-refractivity contribution in [3.05, 3.63) is 58.7 Å². The fourth-order valence-corrected chi connectivity index (χ4v) is 4.54. The van der Waals surface area contributed by atoms with Gasteiger partial charge in [0.1, 0.15) is 0 Å². The van der Waals surface area contributed by atoms with Crippen LogP contribution < -0.4 is 15.5 Å². The van der Waals surface area contributed by atoms with Crippen molar-refractivity contribution in [3.63, 3.8) is 0 Å². The third kappa shape index (κ3) is 3.67. The molecule has 4 amide bonds. The average molecular weight is 393 g/mol. The van der Waals surface area contributed by atoms with E-state index >= 15 is 0 Å². The molecule has 2 aliphatic heterocycles. The molecule has 0 spiro atoms. The van der Waals surface area contributed by atoms with Gasteiger partial charge >= 0.3 is 12.1 Å². The van der Waals surface area contributed by atoms with E-state index in [1.165, 1.54) is 16.7 Å². The minimum absolute atomic E-state index is 0.0872. The minimum Gasteiger partial charge on any atom is -0.336 e. The summed E-state index contributed by atoms with van der Waals surface area (Å²) in [7, 11) is 0. The van der Waals surface area contributed by atoms with Gasteiger partial charge in [0.15, 0.2) is 0 Å². The van der Waals surface area contributed by atoms with Crippen molar-refractivity contribution in [1.29, 1.82) is 0 Å². The molecule has 0 aromatic heterocycles. The molecule has 2 N–H and O–H groups in total. The fourth-order valence-electron chi connectivity index (χ4n) is 4.54. The SMILES string of the molecule is Cc1ccc(NC(=O)N2CCCC2c2c(C)cccc2C)cc1N1CCNC1=O. The molecule has 0 radical (unpaired) electrons. The first kappa shape index (κ1) is 19.3. The number of likely N-dealkylation sites (tertiary alicyclic amines) is 1. The quantitative estimate of drug-likeness (QED) is 0.807. The first-order chi connectivity index (χ1) is 14.0. The van der Waals surface area contributed by atoms with Gasteiger partial charge in [-0.05, 0) is 68.0 Å². The lowest BCUT2D eigenvalue weighted by Crippen LogP contribution is -2.35. The highest BCUT2D eigenvalue weighted by Crippen LogP contribution is 2.36. The number of anilines is 2. The molecule has 4 rings (SSSR count). The highest BCUT2D eigenvalue weighted by molar-refractivity contribution is 5.96. The third-order valence-corrected chi connectivity index (χ3v) is 6.00. The Morgan fingerprint density at radius 1 is 1.07 bits per heavy atom. The smallest absolute Gasteiger partial charge is 0.322 e. The van der Waals surface area contributed by atoms with Gasteiger partial charge in [-0.1, -0.05) is 24.3 Å². The molecule has 2 aromatic rings. The topological polar surface area (TPSA) is 64.7 Å². The van der Waals surface area contributed by atoms with Gasteiger partial charge in [-0.3, -0.25) is 4.90 Å². The van der Waals surface area contributed by atoms with Crippen LogP contribution in [0, 0.1) is 20.8 Å². The molecular formula is C23H28N4O2. The van der Waals surface area contributed by atoms with Crippen LogP contribution in [0.3, 0.4) is 0 Å². The molecule has 0 saturated carbocycles. The van der Waals surface area contributed by atoms with Crippen LogP contribution in [-0.4, -0.2) is 36.6 Å². The Bertz CT molecular complexity index is 936. The summed E-state index contributed by atoms with van der Waals surface area (Å²) in [6, 6.07) is 12.0. The maximum Gasteiger partial charge on any atom is 0.322 e. The van der Waals surface area contributed by atoms with E-state index in [9.17, 15) is 9.59 Å². The number of carbonyl (C=O) groups is 2. The van der Waals surface area contributed by atoms with Gasteiger partial charge < -0.3 is 15.5 Å². The Balaban J connectivity index is 1.55. The van der Waals surface area contributed by atoms with E-state index in [0.717, 1.165) is 30.6 Å². The lowest BCUT2D eigenvalue weighted by atomic mass is 9.94. The van der Waals surface area contributed by atoms with E-state index < -0.39 is 0 Å². The molecule has 0 bridgehead atoms. The number of nitrogens with one attached hydrogen (secondary N) is 2. The molecule has 2 aromatic carbocycles. The van der Waals surface area contributed by atoms with Crippen molar-refractivity contribution >= 4 is 23.4 Å². The summed E-state index contributed by atoms with van der Waals surface area (Å²) in [6.45, 7) is 8.23. The second kappa shape index (κ2) is 7.78. The van der Waals surface area contributed by atoms with Crippen molar-refractivity contribution in [1.82, 2.24) is 10.2 Å². The summed E-state index contributed by atoms with van der Waals surface area (Å²) in [5.74, 6) is 0. The molecule has 2 saturated heterocycles. The number of benzene rings is 2. The number of rotatable bonds is 3. The van der Waals surface area contributed by atoms with Crippen LogP contribution in [0.5, 0.6) is 0 Å². The summed E-state index contributed by atoms with van der Waals surface area (Å²) in [5, 5.41) is 5.88. The van der Waals surface area contributed by atoms with Crippen molar-refractivity contribution in [2.75, 3.05) is 29.9 Å². The average Bonchev–Trinajstić information content (AvgIpc) is 3.32. The molecule has 0 aliphatic carbocycles. The van der Waals surface area contributed by atoms with Crippen molar-refractivity contribution in [2.24, 2.45) is 0 Å². The first-order valence-electron chi connectivity index (χ1n) is 10.3. The number of nitrogens with zero attached hydrogens (tertiary/aromatic N) is 2. The molecule has 2 heterocycles. The maximum absolute atomic E-state index is 13.1. The standard InChI is InChI=1S/C23H28N4O2/c1-15-9-10-18(14-20(15)27-13-11-24-22(27)28)25-23(29)26-12-5-8-19(26)21-16(2)6-4-7-17(21)3/h4,6-7,9-10,14,19H,5,8,11-13H2,1-3H3,(H,24,28)(H,25,29). The first-order valence-corrected chi connectivity index (χ1v) is 10.3. The van der Waals surface area contributed by atoms with Gasteiger partial charge in [0.2, 0.25) is 0 Å². The minimum atomic E-state index is -0.0915. The van der Waals surface area contributed by atoms with Gasteiger partial charge in [0.05, 0.1) is 11.7 Å². The second-order valence-electron chi connectivity index (χ2n) is 7.97. The van der Waals surface area contributed by atoms with Crippen LogP contribution in [0.1, 0.15) is 41.1 Å². The Hall–Kier alpha value is -3.02. The van der Waals surface area contributed by atoms with E-state index in [1.807, 2.05) is 30.0 Å². The van der Waals surface area contributed by atoms with Crippen LogP contribution in [0.2, 0.25) is 0 Å². The van der Waals surface area contributed by atoms with Gasteiger partial charge in [-0.2, -0.15) is 0 Å². The molecule has 1 atom stereocenters. The van der Waals surface area contributed by atoms with Gasteiger partial charge in [0.25, 0.3) is 0 Å². The lowest BCUT2D eigenvalue weighted by Gasteiger charge is -2.28. The molecule has 152 valence electrons. The Morgan fingerprint density at radius 3 is 2.52 bits per heavy atom. The summed E-state index contributed by atoms with van der Waals surface area (Å²) in [5.41, 5.74) is 6.28. The Labute approximate surface area is 171 Å². The molecule has 2 fully saturated rings. The fraction of sp³-hybridized carbons (Fsp3) is 0.391. The second-order valence-corrected chi connectivity index (χ2v) is 7.97. The number of amides is 4. The predicted octanol–water partition coefficient (Wildman–Crippen LogP) is 4.51. The summed E-state index contributed by atoms with van der Waals surface area (Å²) in [4.78, 5) is 28.8. The highest BCUT2D eigenvalue weighted by Gasteiger charge is 2.32. The number of hydrogen-bond acceptors (Lipinski definition) is 2. The largest absolute Gasteiger partial charge is 0.336 e. The van der Waals surface area contributed by atoms with Gasteiger partial charge in [0, 0.05) is 25.3 Å². The molecule has 6 nitrogen and oxygen atoms in total. The van der Waals surface area contributed by atoms with E-state index in [-0.39, 0.29) is 18.1 Å².